The average molecular weight is 424 g/mol. The number of benzene rings is 2. The first kappa shape index (κ1) is 20.5. The number of nitrogens with zero attached hydrogens (tertiary/aromatic N) is 2. The summed E-state index contributed by atoms with van der Waals surface area (Å²) in [6.45, 7) is 1.70. The Hall–Kier alpha value is -2.77. The zero-order valence-electron chi connectivity index (χ0n) is 17.0. The Morgan fingerprint density at radius 3 is 2.73 bits per heavy atom. The molecule has 1 amide bonds. The van der Waals surface area contributed by atoms with Crippen molar-refractivity contribution in [1.29, 1.82) is 0 Å². The SMILES string of the molecule is COC(=O)c1ccc(CNC(=O)CN2CCCC[C@H]2c2nc3ccccc3s2)cc1. The molecule has 156 valence electrons. The molecule has 1 aliphatic heterocycles. The number of methoxy groups -OCH3 is 1. The van der Waals surface area contributed by atoms with Gasteiger partial charge in [0.05, 0.1) is 35.5 Å². The van der Waals surface area contributed by atoms with Crippen LogP contribution in [0.4, 0.5) is 0 Å². The number of piperidine rings is 1. The number of para-hydroxylation sites is 1. The van der Waals surface area contributed by atoms with E-state index >= 15 is 0 Å². The standard InChI is InChI=1S/C23H25N3O3S/c1-29-23(28)17-11-9-16(10-12-17)14-24-21(27)15-26-13-5-4-7-19(26)22-25-18-6-2-3-8-20(18)30-22/h2-3,6,8-12,19H,4-5,7,13-15H2,1H3,(H,24,27)/t19-/m0/s1. The molecule has 1 atom stereocenters. The molecule has 7 heteroatoms. The number of rotatable bonds is 6. The van der Waals surface area contributed by atoms with Gasteiger partial charge in [0.15, 0.2) is 0 Å². The van der Waals surface area contributed by atoms with E-state index in [1.807, 2.05) is 30.3 Å². The van der Waals surface area contributed by atoms with Crippen molar-refractivity contribution in [2.45, 2.75) is 31.8 Å². The lowest BCUT2D eigenvalue weighted by atomic mass is 10.0. The number of esters is 1. The van der Waals surface area contributed by atoms with Crippen LogP contribution in [0, 0.1) is 0 Å². The zero-order valence-corrected chi connectivity index (χ0v) is 17.8. The van der Waals surface area contributed by atoms with E-state index in [1.165, 1.54) is 11.8 Å². The minimum atomic E-state index is -0.364. The number of nitrogens with one attached hydrogen (secondary N) is 1. The summed E-state index contributed by atoms with van der Waals surface area (Å²) in [5.41, 5.74) is 2.47. The maximum atomic E-state index is 12.6. The second-order valence-corrected chi connectivity index (χ2v) is 8.53. The van der Waals surface area contributed by atoms with E-state index in [4.69, 9.17) is 9.72 Å². The highest BCUT2D eigenvalue weighted by Gasteiger charge is 2.28. The molecule has 0 bridgehead atoms. The lowest BCUT2D eigenvalue weighted by Gasteiger charge is -2.33. The summed E-state index contributed by atoms with van der Waals surface area (Å²) in [6, 6.07) is 15.5. The molecule has 1 fully saturated rings. The van der Waals surface area contributed by atoms with Crippen molar-refractivity contribution in [2.75, 3.05) is 20.2 Å². The molecule has 0 unspecified atom stereocenters. The molecular formula is C23H25N3O3S. The summed E-state index contributed by atoms with van der Waals surface area (Å²) in [6.07, 6.45) is 3.29. The molecule has 1 N–H and O–H groups in total. The van der Waals surface area contributed by atoms with Gasteiger partial charge in [0.25, 0.3) is 0 Å². The van der Waals surface area contributed by atoms with Gasteiger partial charge in [0.2, 0.25) is 5.91 Å². The molecule has 2 aromatic carbocycles. The maximum Gasteiger partial charge on any atom is 0.337 e. The number of carbonyl (C=O) groups excluding carboxylic acids is 2. The van der Waals surface area contributed by atoms with E-state index in [0.29, 0.717) is 18.7 Å². The summed E-state index contributed by atoms with van der Waals surface area (Å²) in [7, 11) is 1.36. The van der Waals surface area contributed by atoms with Crippen LogP contribution in [0.2, 0.25) is 0 Å². The van der Waals surface area contributed by atoms with Crippen LogP contribution in [0.1, 0.15) is 46.2 Å². The predicted molar refractivity (Wildman–Crippen MR) is 117 cm³/mol. The van der Waals surface area contributed by atoms with E-state index in [-0.39, 0.29) is 17.9 Å². The Morgan fingerprint density at radius 1 is 1.17 bits per heavy atom. The first-order valence-corrected chi connectivity index (χ1v) is 11.0. The smallest absolute Gasteiger partial charge is 0.337 e. The lowest BCUT2D eigenvalue weighted by Crippen LogP contribution is -2.41. The van der Waals surface area contributed by atoms with Crippen molar-refractivity contribution in [3.8, 4) is 0 Å². The van der Waals surface area contributed by atoms with Crippen molar-refractivity contribution in [3.63, 3.8) is 0 Å². The highest BCUT2D eigenvalue weighted by atomic mass is 32.1. The van der Waals surface area contributed by atoms with Gasteiger partial charge in [-0.2, -0.15) is 0 Å². The third-order valence-corrected chi connectivity index (χ3v) is 6.56. The van der Waals surface area contributed by atoms with Crippen molar-refractivity contribution >= 4 is 33.4 Å². The minimum Gasteiger partial charge on any atom is -0.465 e. The Kier molecular flexibility index (Phi) is 6.40. The van der Waals surface area contributed by atoms with Gasteiger partial charge in [-0.1, -0.05) is 30.7 Å². The van der Waals surface area contributed by atoms with Gasteiger partial charge in [0, 0.05) is 6.54 Å². The molecule has 1 aromatic heterocycles. The van der Waals surface area contributed by atoms with E-state index in [0.717, 1.165) is 41.9 Å². The Bertz CT molecular complexity index is 999. The number of ether oxygens (including phenoxy) is 1. The molecule has 0 radical (unpaired) electrons. The number of hydrogen-bond donors (Lipinski definition) is 1. The molecule has 0 aliphatic carbocycles. The molecule has 6 nitrogen and oxygen atoms in total. The van der Waals surface area contributed by atoms with E-state index in [1.54, 1.807) is 23.5 Å². The third kappa shape index (κ3) is 4.68. The summed E-state index contributed by atoms with van der Waals surface area (Å²) in [5.74, 6) is -0.364. The molecule has 30 heavy (non-hydrogen) atoms. The van der Waals surface area contributed by atoms with Crippen LogP contribution in [0.15, 0.2) is 48.5 Å². The quantitative estimate of drug-likeness (QED) is 0.609. The van der Waals surface area contributed by atoms with Crippen LogP contribution in [-0.2, 0) is 16.1 Å². The van der Waals surface area contributed by atoms with Crippen LogP contribution in [-0.4, -0.2) is 42.0 Å². The van der Waals surface area contributed by atoms with Crippen LogP contribution in [0.3, 0.4) is 0 Å². The summed E-state index contributed by atoms with van der Waals surface area (Å²) >= 11 is 1.73. The Balaban J connectivity index is 1.37. The van der Waals surface area contributed by atoms with Crippen molar-refractivity contribution in [3.05, 3.63) is 64.7 Å². The number of amides is 1. The number of thiazole rings is 1. The highest BCUT2D eigenvalue weighted by molar-refractivity contribution is 7.18. The largest absolute Gasteiger partial charge is 0.465 e. The van der Waals surface area contributed by atoms with Gasteiger partial charge in [0.1, 0.15) is 5.01 Å². The van der Waals surface area contributed by atoms with Crippen molar-refractivity contribution < 1.29 is 14.3 Å². The monoisotopic (exact) mass is 423 g/mol. The molecule has 2 heterocycles. The van der Waals surface area contributed by atoms with Gasteiger partial charge < -0.3 is 10.1 Å². The first-order valence-electron chi connectivity index (χ1n) is 10.2. The van der Waals surface area contributed by atoms with Crippen LogP contribution < -0.4 is 5.32 Å². The molecule has 1 saturated heterocycles. The average Bonchev–Trinajstić information content (AvgIpc) is 3.22. The number of aromatic nitrogens is 1. The van der Waals surface area contributed by atoms with Crippen LogP contribution in [0.5, 0.6) is 0 Å². The van der Waals surface area contributed by atoms with Gasteiger partial charge >= 0.3 is 5.97 Å². The number of hydrogen-bond acceptors (Lipinski definition) is 6. The number of likely N-dealkylation sites (tertiary alicyclic amines) is 1. The normalized spacial score (nSPS) is 17.0. The predicted octanol–water partition coefficient (Wildman–Crippen LogP) is 3.93. The fraction of sp³-hybridized carbons (Fsp3) is 0.348. The highest BCUT2D eigenvalue weighted by Crippen LogP contribution is 2.35. The van der Waals surface area contributed by atoms with Gasteiger partial charge in [-0.25, -0.2) is 9.78 Å². The molecule has 3 aromatic rings. The topological polar surface area (TPSA) is 71.5 Å². The third-order valence-electron chi connectivity index (χ3n) is 5.42. The molecule has 4 rings (SSSR count). The van der Waals surface area contributed by atoms with Gasteiger partial charge in [-0.3, -0.25) is 9.69 Å². The minimum absolute atomic E-state index is 0.0000514. The van der Waals surface area contributed by atoms with E-state index < -0.39 is 0 Å². The number of fused-ring (bicyclic) bond motifs is 1. The summed E-state index contributed by atoms with van der Waals surface area (Å²) in [5, 5.41) is 4.09. The van der Waals surface area contributed by atoms with E-state index in [2.05, 4.69) is 16.3 Å². The van der Waals surface area contributed by atoms with Gasteiger partial charge in [-0.05, 0) is 49.2 Å². The molecule has 1 aliphatic rings. The fourth-order valence-corrected chi connectivity index (χ4v) is 4.95. The lowest BCUT2D eigenvalue weighted by molar-refractivity contribution is -0.123. The fourth-order valence-electron chi connectivity index (χ4n) is 3.81. The summed E-state index contributed by atoms with van der Waals surface area (Å²) in [4.78, 5) is 31.2. The Labute approximate surface area is 179 Å². The number of carbonyl (C=O) groups is 2. The van der Waals surface area contributed by atoms with Crippen LogP contribution in [0.25, 0.3) is 10.2 Å². The second-order valence-electron chi connectivity index (χ2n) is 7.47. The maximum absolute atomic E-state index is 12.6. The molecular weight excluding hydrogens is 398 g/mol. The van der Waals surface area contributed by atoms with E-state index in [9.17, 15) is 9.59 Å². The molecule has 0 saturated carbocycles. The van der Waals surface area contributed by atoms with Gasteiger partial charge in [-0.15, -0.1) is 11.3 Å². The van der Waals surface area contributed by atoms with Crippen LogP contribution >= 0.6 is 11.3 Å². The summed E-state index contributed by atoms with van der Waals surface area (Å²) < 4.78 is 5.90. The molecule has 0 spiro atoms. The van der Waals surface area contributed by atoms with Crippen molar-refractivity contribution in [1.82, 2.24) is 15.2 Å². The first-order chi connectivity index (χ1) is 14.6. The Morgan fingerprint density at radius 2 is 1.97 bits per heavy atom. The van der Waals surface area contributed by atoms with Crippen molar-refractivity contribution in [2.24, 2.45) is 0 Å². The second kappa shape index (κ2) is 9.36. The zero-order chi connectivity index (χ0) is 20.9.